The highest BCUT2D eigenvalue weighted by atomic mass is 19.1. The fourth-order valence-electron chi connectivity index (χ4n) is 2.04. The van der Waals surface area contributed by atoms with Crippen molar-refractivity contribution in [3.05, 3.63) is 71.0 Å². The molecule has 0 aromatic heterocycles. The van der Waals surface area contributed by atoms with Gasteiger partial charge in [-0.1, -0.05) is 41.6 Å². The van der Waals surface area contributed by atoms with E-state index in [0.29, 0.717) is 0 Å². The molecule has 0 radical (unpaired) electrons. The summed E-state index contributed by atoms with van der Waals surface area (Å²) in [6.07, 6.45) is 1.58. The average molecular weight is 314 g/mol. The van der Waals surface area contributed by atoms with E-state index in [2.05, 4.69) is 10.5 Å². The maximum atomic E-state index is 12.9. The van der Waals surface area contributed by atoms with Gasteiger partial charge in [-0.3, -0.25) is 4.79 Å². The van der Waals surface area contributed by atoms with Crippen molar-refractivity contribution in [2.24, 2.45) is 5.16 Å². The number of aryl methyl sites for hydroxylation is 1. The number of carbonyl (C=O) groups is 1. The van der Waals surface area contributed by atoms with Crippen molar-refractivity contribution in [3.8, 4) is 0 Å². The molecule has 0 unspecified atom stereocenters. The van der Waals surface area contributed by atoms with Gasteiger partial charge in [-0.15, -0.1) is 0 Å². The second-order valence-corrected chi connectivity index (χ2v) is 5.21. The normalized spacial score (nSPS) is 12.1. The van der Waals surface area contributed by atoms with E-state index in [1.807, 2.05) is 38.1 Å². The van der Waals surface area contributed by atoms with E-state index in [0.717, 1.165) is 16.7 Å². The molecule has 0 aliphatic heterocycles. The summed E-state index contributed by atoms with van der Waals surface area (Å²) in [4.78, 5) is 16.8. The summed E-state index contributed by atoms with van der Waals surface area (Å²) in [5.41, 5.74) is 2.84. The number of nitrogens with one attached hydrogen (secondary N) is 1. The van der Waals surface area contributed by atoms with Gasteiger partial charge in [0.1, 0.15) is 5.82 Å². The molecule has 1 atom stereocenters. The number of nitrogens with zero attached hydrogens (tertiary/aromatic N) is 1. The van der Waals surface area contributed by atoms with E-state index in [9.17, 15) is 9.18 Å². The molecular weight excluding hydrogens is 295 g/mol. The van der Waals surface area contributed by atoms with Gasteiger partial charge in [0.15, 0.2) is 6.61 Å². The summed E-state index contributed by atoms with van der Waals surface area (Å²) in [5.74, 6) is -0.593. The van der Waals surface area contributed by atoms with Crippen LogP contribution in [0.3, 0.4) is 0 Å². The molecule has 0 bridgehead atoms. The number of halogens is 1. The fourth-order valence-corrected chi connectivity index (χ4v) is 2.04. The molecule has 5 heteroatoms. The Hall–Kier alpha value is -2.69. The maximum absolute atomic E-state index is 12.9. The van der Waals surface area contributed by atoms with Gasteiger partial charge in [0.2, 0.25) is 0 Å². The minimum Gasteiger partial charge on any atom is -0.386 e. The smallest absolute Gasteiger partial charge is 0.261 e. The Morgan fingerprint density at radius 3 is 2.65 bits per heavy atom. The van der Waals surface area contributed by atoms with Gasteiger partial charge in [0.25, 0.3) is 5.91 Å². The lowest BCUT2D eigenvalue weighted by Crippen LogP contribution is -2.29. The molecule has 0 saturated heterocycles. The third-order valence-corrected chi connectivity index (χ3v) is 3.40. The van der Waals surface area contributed by atoms with Gasteiger partial charge < -0.3 is 10.2 Å². The van der Waals surface area contributed by atoms with Crippen molar-refractivity contribution in [2.45, 2.75) is 19.9 Å². The molecular formula is C18H19FN2O2. The standard InChI is InChI=1S/C18H19FN2O2/c1-13-5-3-4-6-16(13)11-20-23-12-18(22)21-14(2)15-7-9-17(19)10-8-15/h3-11,14H,12H2,1-2H3,(H,21,22)/t14-/m1/s1. The van der Waals surface area contributed by atoms with Gasteiger partial charge in [0, 0.05) is 0 Å². The van der Waals surface area contributed by atoms with Gasteiger partial charge in [-0.25, -0.2) is 4.39 Å². The molecule has 0 aliphatic carbocycles. The molecule has 0 aliphatic rings. The molecule has 2 aromatic rings. The highest BCUT2D eigenvalue weighted by Crippen LogP contribution is 2.12. The zero-order chi connectivity index (χ0) is 16.7. The molecule has 1 N–H and O–H groups in total. The highest BCUT2D eigenvalue weighted by Gasteiger charge is 2.09. The van der Waals surface area contributed by atoms with Crippen LogP contribution in [0.4, 0.5) is 4.39 Å². The zero-order valence-corrected chi connectivity index (χ0v) is 13.1. The fraction of sp³-hybridized carbons (Fsp3) is 0.222. The van der Waals surface area contributed by atoms with Crippen LogP contribution in [0.2, 0.25) is 0 Å². The van der Waals surface area contributed by atoms with Gasteiger partial charge in [-0.2, -0.15) is 0 Å². The molecule has 0 saturated carbocycles. The van der Waals surface area contributed by atoms with Crippen LogP contribution in [0.25, 0.3) is 0 Å². The average Bonchev–Trinajstić information content (AvgIpc) is 2.53. The highest BCUT2D eigenvalue weighted by molar-refractivity contribution is 5.81. The SMILES string of the molecule is Cc1ccccc1C=NOCC(=O)N[C@H](C)c1ccc(F)cc1. The topological polar surface area (TPSA) is 50.7 Å². The predicted molar refractivity (Wildman–Crippen MR) is 87.7 cm³/mol. The lowest BCUT2D eigenvalue weighted by atomic mass is 10.1. The van der Waals surface area contributed by atoms with E-state index in [1.54, 1.807) is 18.3 Å². The Kier molecular flexibility index (Phi) is 5.86. The minimum atomic E-state index is -0.304. The largest absolute Gasteiger partial charge is 0.386 e. The van der Waals surface area contributed by atoms with Gasteiger partial charge in [0.05, 0.1) is 12.3 Å². The number of benzene rings is 2. The second kappa shape index (κ2) is 8.08. The van der Waals surface area contributed by atoms with E-state index < -0.39 is 0 Å². The molecule has 1 amide bonds. The number of hydrogen-bond acceptors (Lipinski definition) is 3. The number of hydrogen-bond donors (Lipinski definition) is 1. The van der Waals surface area contributed by atoms with E-state index >= 15 is 0 Å². The predicted octanol–water partition coefficient (Wildman–Crippen LogP) is 3.36. The maximum Gasteiger partial charge on any atom is 0.261 e. The first-order valence-corrected chi connectivity index (χ1v) is 7.32. The third kappa shape index (κ3) is 5.21. The minimum absolute atomic E-state index is 0.173. The summed E-state index contributed by atoms with van der Waals surface area (Å²) >= 11 is 0. The van der Waals surface area contributed by atoms with E-state index in [1.165, 1.54) is 12.1 Å². The Morgan fingerprint density at radius 1 is 1.26 bits per heavy atom. The van der Waals surface area contributed by atoms with Crippen LogP contribution in [0.5, 0.6) is 0 Å². The number of carbonyl (C=O) groups excluding carboxylic acids is 1. The molecule has 0 heterocycles. The van der Waals surface area contributed by atoms with E-state index in [4.69, 9.17) is 4.84 Å². The van der Waals surface area contributed by atoms with Gasteiger partial charge in [-0.05, 0) is 42.7 Å². The second-order valence-electron chi connectivity index (χ2n) is 5.21. The van der Waals surface area contributed by atoms with Crippen molar-refractivity contribution in [2.75, 3.05) is 6.61 Å². The first kappa shape index (κ1) is 16.7. The lowest BCUT2D eigenvalue weighted by Gasteiger charge is -2.13. The van der Waals surface area contributed by atoms with Crippen LogP contribution in [-0.2, 0) is 9.63 Å². The van der Waals surface area contributed by atoms with Crippen LogP contribution in [0.15, 0.2) is 53.7 Å². The Bertz CT molecular complexity index is 684. The van der Waals surface area contributed by atoms with Crippen LogP contribution in [0.1, 0.15) is 29.7 Å². The number of rotatable bonds is 6. The third-order valence-electron chi connectivity index (χ3n) is 3.40. The van der Waals surface area contributed by atoms with Gasteiger partial charge >= 0.3 is 0 Å². The van der Waals surface area contributed by atoms with Crippen LogP contribution in [-0.4, -0.2) is 18.7 Å². The molecule has 2 rings (SSSR count). The summed E-state index contributed by atoms with van der Waals surface area (Å²) < 4.78 is 12.9. The molecule has 2 aromatic carbocycles. The Balaban J connectivity index is 1.79. The van der Waals surface area contributed by atoms with E-state index in [-0.39, 0.29) is 24.4 Å². The Morgan fingerprint density at radius 2 is 1.96 bits per heavy atom. The monoisotopic (exact) mass is 314 g/mol. The van der Waals surface area contributed by atoms with Crippen molar-refractivity contribution >= 4 is 12.1 Å². The van der Waals surface area contributed by atoms with Crippen LogP contribution < -0.4 is 5.32 Å². The van der Waals surface area contributed by atoms with Crippen molar-refractivity contribution in [1.29, 1.82) is 0 Å². The zero-order valence-electron chi connectivity index (χ0n) is 13.1. The molecule has 120 valence electrons. The first-order chi connectivity index (χ1) is 11.1. The first-order valence-electron chi connectivity index (χ1n) is 7.32. The molecule has 0 fully saturated rings. The summed E-state index contributed by atoms with van der Waals surface area (Å²) in [5, 5.41) is 6.56. The quantitative estimate of drug-likeness (QED) is 0.656. The summed E-state index contributed by atoms with van der Waals surface area (Å²) in [7, 11) is 0. The summed E-state index contributed by atoms with van der Waals surface area (Å²) in [6.45, 7) is 3.62. The van der Waals surface area contributed by atoms with Crippen molar-refractivity contribution in [1.82, 2.24) is 5.32 Å². The van der Waals surface area contributed by atoms with Crippen LogP contribution >= 0.6 is 0 Å². The molecule has 23 heavy (non-hydrogen) atoms. The number of oxime groups is 1. The van der Waals surface area contributed by atoms with Crippen molar-refractivity contribution in [3.63, 3.8) is 0 Å². The molecule has 0 spiro atoms. The Labute approximate surface area is 135 Å². The lowest BCUT2D eigenvalue weighted by molar-refractivity contribution is -0.126. The van der Waals surface area contributed by atoms with Crippen molar-refractivity contribution < 1.29 is 14.0 Å². The molecule has 4 nitrogen and oxygen atoms in total. The van der Waals surface area contributed by atoms with Crippen LogP contribution in [0, 0.1) is 12.7 Å². The summed E-state index contributed by atoms with van der Waals surface area (Å²) in [6, 6.07) is 13.5. The number of amides is 1.